The molecule has 0 radical (unpaired) electrons. The molecule has 1 aliphatic heterocycles. The summed E-state index contributed by atoms with van der Waals surface area (Å²) in [5, 5.41) is 9.90. The Morgan fingerprint density at radius 3 is 2.28 bits per heavy atom. The fourth-order valence-corrected chi connectivity index (χ4v) is 8.26. The molecular formula is C21H30O4. The molecule has 0 spiro atoms. The quantitative estimate of drug-likeness (QED) is 0.630. The zero-order valence-corrected chi connectivity index (χ0v) is 15.3. The predicted octanol–water partition coefficient (Wildman–Crippen LogP) is 2.89. The van der Waals surface area contributed by atoms with Gasteiger partial charge in [-0.3, -0.25) is 9.59 Å². The molecule has 0 aromatic heterocycles. The van der Waals surface area contributed by atoms with Crippen molar-refractivity contribution in [2.45, 2.75) is 46.0 Å². The number of carbonyl (C=O) groups excluding carboxylic acids is 2. The highest BCUT2D eigenvalue weighted by Gasteiger charge is 2.64. The fraction of sp³-hybridized carbons (Fsp3) is 0.905. The molecule has 4 saturated carbocycles. The molecule has 4 nitrogen and oxygen atoms in total. The van der Waals surface area contributed by atoms with Gasteiger partial charge in [0, 0.05) is 6.61 Å². The lowest BCUT2D eigenvalue weighted by atomic mass is 9.58. The maximum absolute atomic E-state index is 12.5. The summed E-state index contributed by atoms with van der Waals surface area (Å²) in [7, 11) is 0. The molecule has 0 aromatic rings. The van der Waals surface area contributed by atoms with Crippen LogP contribution in [0.1, 0.15) is 46.0 Å². The first-order valence-corrected chi connectivity index (χ1v) is 10.4. The van der Waals surface area contributed by atoms with Crippen molar-refractivity contribution in [3.05, 3.63) is 0 Å². The van der Waals surface area contributed by atoms with E-state index in [-0.39, 0.29) is 30.4 Å². The average Bonchev–Trinajstić information content (AvgIpc) is 3.36. The molecule has 11 atom stereocenters. The van der Waals surface area contributed by atoms with E-state index in [1.54, 1.807) is 0 Å². The monoisotopic (exact) mass is 346 g/mol. The summed E-state index contributed by atoms with van der Waals surface area (Å²) >= 11 is 0. The van der Waals surface area contributed by atoms with Crippen molar-refractivity contribution in [3.63, 3.8) is 0 Å². The van der Waals surface area contributed by atoms with E-state index < -0.39 is 0 Å². The van der Waals surface area contributed by atoms with Crippen LogP contribution in [-0.4, -0.2) is 23.7 Å². The van der Waals surface area contributed by atoms with Crippen molar-refractivity contribution in [2.75, 3.05) is 6.61 Å². The number of carbonyl (C=O) groups is 2. The molecule has 0 aromatic carbocycles. The van der Waals surface area contributed by atoms with E-state index >= 15 is 0 Å². The second-order valence-electron chi connectivity index (χ2n) is 9.82. The number of cyclic esters (lactones) is 2. The van der Waals surface area contributed by atoms with Crippen molar-refractivity contribution in [1.29, 1.82) is 0 Å². The smallest absolute Gasteiger partial charge is 0.317 e. The van der Waals surface area contributed by atoms with E-state index in [1.165, 1.54) is 19.3 Å². The van der Waals surface area contributed by atoms with Gasteiger partial charge in [-0.2, -0.15) is 0 Å². The molecule has 1 heterocycles. The van der Waals surface area contributed by atoms with Crippen LogP contribution in [-0.2, 0) is 14.3 Å². The van der Waals surface area contributed by atoms with Crippen molar-refractivity contribution < 1.29 is 19.4 Å². The second kappa shape index (κ2) is 5.55. The molecule has 4 bridgehead atoms. The summed E-state index contributed by atoms with van der Waals surface area (Å²) in [4.78, 5) is 24.5. The maximum Gasteiger partial charge on any atom is 0.317 e. The lowest BCUT2D eigenvalue weighted by Crippen LogP contribution is -2.44. The van der Waals surface area contributed by atoms with Crippen LogP contribution in [0.15, 0.2) is 0 Å². The van der Waals surface area contributed by atoms with Crippen molar-refractivity contribution in [1.82, 2.24) is 0 Å². The Labute approximate surface area is 149 Å². The fourth-order valence-electron chi connectivity index (χ4n) is 8.26. The number of aliphatic hydroxyl groups is 1. The number of rotatable bonds is 3. The minimum absolute atomic E-state index is 0.238. The molecule has 25 heavy (non-hydrogen) atoms. The highest BCUT2D eigenvalue weighted by molar-refractivity contribution is 5.96. The van der Waals surface area contributed by atoms with Gasteiger partial charge in [-0.05, 0) is 85.4 Å². The third kappa shape index (κ3) is 2.09. The normalized spacial score (nSPS) is 56.8. The average molecular weight is 346 g/mol. The van der Waals surface area contributed by atoms with E-state index in [4.69, 9.17) is 4.74 Å². The van der Waals surface area contributed by atoms with E-state index in [9.17, 15) is 14.7 Å². The minimum atomic E-state index is -0.323. The van der Waals surface area contributed by atoms with Gasteiger partial charge in [0.1, 0.15) is 0 Å². The largest absolute Gasteiger partial charge is 0.396 e. The van der Waals surface area contributed by atoms with Gasteiger partial charge in [0.25, 0.3) is 0 Å². The van der Waals surface area contributed by atoms with E-state index in [0.29, 0.717) is 35.5 Å². The van der Waals surface area contributed by atoms with Crippen molar-refractivity contribution in [3.8, 4) is 0 Å². The first-order valence-electron chi connectivity index (χ1n) is 10.4. The molecule has 11 unspecified atom stereocenters. The van der Waals surface area contributed by atoms with E-state index in [0.717, 1.165) is 30.6 Å². The zero-order valence-electron chi connectivity index (χ0n) is 15.3. The van der Waals surface area contributed by atoms with Gasteiger partial charge in [-0.1, -0.05) is 13.8 Å². The van der Waals surface area contributed by atoms with Crippen molar-refractivity contribution >= 4 is 11.9 Å². The van der Waals surface area contributed by atoms with Crippen LogP contribution in [0, 0.1) is 65.1 Å². The molecule has 5 fully saturated rings. The van der Waals surface area contributed by atoms with Crippen LogP contribution in [0.2, 0.25) is 0 Å². The summed E-state index contributed by atoms with van der Waals surface area (Å²) in [5.74, 6) is 4.20. The molecule has 4 aliphatic carbocycles. The molecular weight excluding hydrogens is 316 g/mol. The molecule has 1 saturated heterocycles. The molecule has 4 heteroatoms. The Morgan fingerprint density at radius 1 is 0.920 bits per heavy atom. The van der Waals surface area contributed by atoms with Gasteiger partial charge in [0.15, 0.2) is 0 Å². The van der Waals surface area contributed by atoms with Gasteiger partial charge < -0.3 is 9.84 Å². The Bertz CT molecular complexity index is 599. The number of aliphatic hydroxyl groups excluding tert-OH is 1. The van der Waals surface area contributed by atoms with Crippen LogP contribution in [0.3, 0.4) is 0 Å². The highest BCUT2D eigenvalue weighted by atomic mass is 16.6. The Hall–Kier alpha value is -0.900. The number of hydrogen-bond acceptors (Lipinski definition) is 4. The van der Waals surface area contributed by atoms with Crippen LogP contribution in [0.25, 0.3) is 0 Å². The highest BCUT2D eigenvalue weighted by Crippen LogP contribution is 2.67. The zero-order chi connectivity index (χ0) is 17.5. The minimum Gasteiger partial charge on any atom is -0.396 e. The third-order valence-electron chi connectivity index (χ3n) is 9.16. The number of esters is 2. The molecule has 1 N–H and O–H groups in total. The number of ether oxygens (including phenoxy) is 1. The number of fused-ring (bicyclic) bond motifs is 4. The van der Waals surface area contributed by atoms with E-state index in [1.807, 2.05) is 6.92 Å². The van der Waals surface area contributed by atoms with Crippen LogP contribution < -0.4 is 0 Å². The Morgan fingerprint density at radius 2 is 1.68 bits per heavy atom. The summed E-state index contributed by atoms with van der Waals surface area (Å²) in [6.45, 7) is 4.59. The first-order chi connectivity index (χ1) is 12.0. The summed E-state index contributed by atoms with van der Waals surface area (Å²) in [6.07, 6.45) is 6.25. The second-order valence-corrected chi connectivity index (χ2v) is 9.82. The van der Waals surface area contributed by atoms with Gasteiger partial charge in [-0.15, -0.1) is 0 Å². The molecule has 0 amide bonds. The van der Waals surface area contributed by atoms with Crippen molar-refractivity contribution in [2.24, 2.45) is 65.1 Å². The lowest BCUT2D eigenvalue weighted by molar-refractivity contribution is -0.154. The summed E-state index contributed by atoms with van der Waals surface area (Å²) < 4.78 is 5.03. The lowest BCUT2D eigenvalue weighted by Gasteiger charge is -2.45. The SMILES string of the molecule is CC1C(=O)OC(=O)C1C1C2CC(CO)C(C2)C1C1C2CCC(C2)C1C. The topological polar surface area (TPSA) is 63.6 Å². The standard InChI is InChI=1S/C21H30O4/c1-9-11-3-4-12(5-11)16(9)19-15-7-13(6-14(15)8-22)18(19)17-10(2)20(23)25-21(17)24/h9-19,22H,3-8H2,1-2H3. The van der Waals surface area contributed by atoms with Gasteiger partial charge in [-0.25, -0.2) is 0 Å². The van der Waals surface area contributed by atoms with Gasteiger partial charge >= 0.3 is 11.9 Å². The van der Waals surface area contributed by atoms with Crippen LogP contribution in [0.5, 0.6) is 0 Å². The molecule has 5 aliphatic rings. The molecule has 138 valence electrons. The molecule has 5 rings (SSSR count). The predicted molar refractivity (Wildman–Crippen MR) is 91.0 cm³/mol. The summed E-state index contributed by atoms with van der Waals surface area (Å²) in [6, 6.07) is 0. The van der Waals surface area contributed by atoms with Crippen LogP contribution in [0.4, 0.5) is 0 Å². The van der Waals surface area contributed by atoms with Gasteiger partial charge in [0.05, 0.1) is 11.8 Å². The Balaban J connectivity index is 1.51. The maximum atomic E-state index is 12.5. The van der Waals surface area contributed by atoms with Crippen LogP contribution >= 0.6 is 0 Å². The van der Waals surface area contributed by atoms with E-state index in [2.05, 4.69) is 6.92 Å². The third-order valence-corrected chi connectivity index (χ3v) is 9.16. The van der Waals surface area contributed by atoms with Gasteiger partial charge in [0.2, 0.25) is 0 Å². The Kier molecular flexibility index (Phi) is 3.61. The summed E-state index contributed by atoms with van der Waals surface area (Å²) in [5.41, 5.74) is 0. The number of hydrogen-bond donors (Lipinski definition) is 1. The first kappa shape index (κ1) is 16.3.